The Hall–Kier alpha value is -2.34. The fraction of sp³-hybridized carbons (Fsp3) is 0.444. The predicted molar refractivity (Wildman–Crippen MR) is 91.6 cm³/mol. The smallest absolute Gasteiger partial charge is 0.325 e. The molecule has 0 radical (unpaired) electrons. The molecule has 2 heterocycles. The average Bonchev–Trinajstić information content (AvgIpc) is 3.04. The Balaban J connectivity index is 1.65. The number of rotatable bonds is 5. The van der Waals surface area contributed by atoms with E-state index in [1.54, 1.807) is 13.8 Å². The normalized spacial score (nSPS) is 18.5. The van der Waals surface area contributed by atoms with Crippen LogP contribution in [0, 0.1) is 0 Å². The molecule has 1 unspecified atom stereocenters. The number of likely N-dealkylation sites (N-methyl/N-ethyl adjacent to an activating group) is 1. The fourth-order valence-electron chi connectivity index (χ4n) is 2.90. The Labute approximate surface area is 141 Å². The van der Waals surface area contributed by atoms with Crippen LogP contribution in [0.25, 0.3) is 11.0 Å². The van der Waals surface area contributed by atoms with E-state index in [4.69, 9.17) is 4.42 Å². The van der Waals surface area contributed by atoms with Gasteiger partial charge in [-0.05, 0) is 40.0 Å². The van der Waals surface area contributed by atoms with Crippen LogP contribution in [0.2, 0.25) is 0 Å². The van der Waals surface area contributed by atoms with Crippen LogP contribution in [0.4, 0.5) is 4.79 Å². The van der Waals surface area contributed by atoms with E-state index in [0.717, 1.165) is 16.7 Å². The van der Waals surface area contributed by atoms with E-state index >= 15 is 0 Å². The maximum absolute atomic E-state index is 12.2. The van der Waals surface area contributed by atoms with Gasteiger partial charge in [-0.15, -0.1) is 0 Å². The molecule has 1 aromatic heterocycles. The van der Waals surface area contributed by atoms with Crippen LogP contribution < -0.4 is 5.32 Å². The first-order chi connectivity index (χ1) is 11.3. The second kappa shape index (κ2) is 5.94. The Morgan fingerprint density at radius 2 is 2.00 bits per heavy atom. The number of urea groups is 1. The predicted octanol–water partition coefficient (Wildman–Crippen LogP) is 2.76. The lowest BCUT2D eigenvalue weighted by atomic mass is 10.1. The van der Waals surface area contributed by atoms with Gasteiger partial charge < -0.3 is 9.73 Å². The lowest BCUT2D eigenvalue weighted by molar-refractivity contribution is -0.130. The minimum Gasteiger partial charge on any atom is -0.459 e. The van der Waals surface area contributed by atoms with Crippen molar-refractivity contribution in [2.24, 2.45) is 0 Å². The molecule has 6 nitrogen and oxygen atoms in total. The number of fused-ring (bicyclic) bond motifs is 1. The minimum atomic E-state index is -0.819. The molecule has 1 aliphatic rings. The highest BCUT2D eigenvalue weighted by Crippen LogP contribution is 2.26. The summed E-state index contributed by atoms with van der Waals surface area (Å²) in [5.74, 6) is 0.688. The molecule has 0 spiro atoms. The highest BCUT2D eigenvalue weighted by atomic mass is 16.3. The van der Waals surface area contributed by atoms with Crippen molar-refractivity contribution in [3.05, 3.63) is 36.1 Å². The van der Waals surface area contributed by atoms with Crippen molar-refractivity contribution in [3.63, 3.8) is 0 Å². The van der Waals surface area contributed by atoms with Crippen molar-refractivity contribution >= 4 is 22.9 Å². The Morgan fingerprint density at radius 1 is 1.29 bits per heavy atom. The highest BCUT2D eigenvalue weighted by molar-refractivity contribution is 6.06. The number of furan rings is 1. The van der Waals surface area contributed by atoms with Crippen LogP contribution in [-0.4, -0.2) is 47.4 Å². The van der Waals surface area contributed by atoms with E-state index in [1.807, 2.05) is 44.3 Å². The second-order valence-electron chi connectivity index (χ2n) is 6.86. The highest BCUT2D eigenvalue weighted by Gasteiger charge is 2.43. The molecule has 128 valence electrons. The minimum absolute atomic E-state index is 0.0474. The summed E-state index contributed by atoms with van der Waals surface area (Å²) in [6, 6.07) is 9.65. The van der Waals surface area contributed by atoms with Crippen LogP contribution in [0.3, 0.4) is 0 Å². The largest absolute Gasteiger partial charge is 0.459 e. The number of hydrogen-bond acceptors (Lipinski definition) is 4. The van der Waals surface area contributed by atoms with Crippen molar-refractivity contribution in [2.75, 3.05) is 20.1 Å². The Morgan fingerprint density at radius 3 is 2.62 bits per heavy atom. The van der Waals surface area contributed by atoms with Gasteiger partial charge in [-0.1, -0.05) is 18.2 Å². The van der Waals surface area contributed by atoms with Crippen molar-refractivity contribution in [3.8, 4) is 0 Å². The first kappa shape index (κ1) is 16.5. The number of nitrogens with zero attached hydrogens (tertiary/aromatic N) is 2. The average molecular weight is 329 g/mol. The zero-order valence-corrected chi connectivity index (χ0v) is 14.5. The van der Waals surface area contributed by atoms with Crippen LogP contribution in [0.1, 0.15) is 32.6 Å². The van der Waals surface area contributed by atoms with E-state index in [1.165, 1.54) is 4.90 Å². The van der Waals surface area contributed by atoms with Crippen molar-refractivity contribution in [1.29, 1.82) is 0 Å². The first-order valence-electron chi connectivity index (χ1n) is 8.12. The first-order valence-corrected chi connectivity index (χ1v) is 8.12. The quantitative estimate of drug-likeness (QED) is 0.857. The molecular weight excluding hydrogens is 306 g/mol. The maximum atomic E-state index is 12.2. The van der Waals surface area contributed by atoms with Crippen LogP contribution >= 0.6 is 0 Å². The van der Waals surface area contributed by atoms with E-state index < -0.39 is 5.54 Å². The lowest BCUT2D eigenvalue weighted by Gasteiger charge is -2.25. The summed E-state index contributed by atoms with van der Waals surface area (Å²) in [5.41, 5.74) is 0.0450. The summed E-state index contributed by atoms with van der Waals surface area (Å²) < 4.78 is 5.90. The van der Waals surface area contributed by atoms with Gasteiger partial charge in [0.25, 0.3) is 5.91 Å². The van der Waals surface area contributed by atoms with Gasteiger partial charge in [-0.2, -0.15) is 0 Å². The van der Waals surface area contributed by atoms with E-state index in [0.29, 0.717) is 13.1 Å². The summed E-state index contributed by atoms with van der Waals surface area (Å²) in [6.45, 7) is 6.41. The second-order valence-corrected chi connectivity index (χ2v) is 6.86. The lowest BCUT2D eigenvalue weighted by Crippen LogP contribution is -2.41. The number of benzene rings is 1. The molecule has 0 saturated carbocycles. The Bertz CT molecular complexity index is 748. The van der Waals surface area contributed by atoms with Gasteiger partial charge >= 0.3 is 6.03 Å². The molecule has 6 heteroatoms. The van der Waals surface area contributed by atoms with Crippen molar-refractivity contribution in [2.45, 2.75) is 32.4 Å². The van der Waals surface area contributed by atoms with E-state index in [-0.39, 0.29) is 18.0 Å². The summed E-state index contributed by atoms with van der Waals surface area (Å²) in [7, 11) is 1.96. The topological polar surface area (TPSA) is 65.8 Å². The number of nitrogens with one attached hydrogen (secondary N) is 1. The SMILES string of the molecule is CC(c1cc2ccccc2o1)N(C)CCN1C(=O)NC(C)(C)C1=O. The third-order valence-electron chi connectivity index (χ3n) is 4.64. The molecule has 1 N–H and O–H groups in total. The zero-order chi connectivity index (χ0) is 17.5. The fourth-order valence-corrected chi connectivity index (χ4v) is 2.90. The summed E-state index contributed by atoms with van der Waals surface area (Å²) in [5, 5.41) is 3.77. The maximum Gasteiger partial charge on any atom is 0.325 e. The molecule has 1 atom stereocenters. The monoisotopic (exact) mass is 329 g/mol. The number of imide groups is 1. The van der Waals surface area contributed by atoms with E-state index in [2.05, 4.69) is 10.2 Å². The molecule has 24 heavy (non-hydrogen) atoms. The third-order valence-corrected chi connectivity index (χ3v) is 4.64. The molecule has 1 aliphatic heterocycles. The number of amides is 3. The standard InChI is InChI=1S/C18H23N3O3/c1-12(15-11-13-7-5-6-8-14(13)24-15)20(4)9-10-21-16(22)18(2,3)19-17(21)23/h5-8,11-12H,9-10H2,1-4H3,(H,19,23). The summed E-state index contributed by atoms with van der Waals surface area (Å²) in [4.78, 5) is 27.5. The molecule has 1 saturated heterocycles. The third kappa shape index (κ3) is 2.89. The molecule has 3 amide bonds. The summed E-state index contributed by atoms with van der Waals surface area (Å²) in [6.07, 6.45) is 0. The van der Waals surface area contributed by atoms with Crippen molar-refractivity contribution in [1.82, 2.24) is 15.1 Å². The molecular formula is C18H23N3O3. The van der Waals surface area contributed by atoms with Gasteiger partial charge in [0.2, 0.25) is 0 Å². The van der Waals surface area contributed by atoms with Gasteiger partial charge in [0.15, 0.2) is 0 Å². The number of para-hydroxylation sites is 1. The van der Waals surface area contributed by atoms with Crippen LogP contribution in [0.15, 0.2) is 34.7 Å². The molecule has 0 bridgehead atoms. The van der Waals surface area contributed by atoms with Crippen molar-refractivity contribution < 1.29 is 14.0 Å². The molecule has 3 rings (SSSR count). The van der Waals surface area contributed by atoms with Gasteiger partial charge in [0.1, 0.15) is 16.9 Å². The van der Waals surface area contributed by atoms with Gasteiger partial charge in [-0.3, -0.25) is 14.6 Å². The number of hydrogen-bond donors (Lipinski definition) is 1. The summed E-state index contributed by atoms with van der Waals surface area (Å²) >= 11 is 0. The molecule has 0 aliphatic carbocycles. The van der Waals surface area contributed by atoms with Gasteiger partial charge in [0, 0.05) is 18.5 Å². The van der Waals surface area contributed by atoms with Crippen LogP contribution in [-0.2, 0) is 4.79 Å². The number of carbonyl (C=O) groups is 2. The zero-order valence-electron chi connectivity index (χ0n) is 14.5. The molecule has 1 fully saturated rings. The van der Waals surface area contributed by atoms with Crippen LogP contribution in [0.5, 0.6) is 0 Å². The molecule has 1 aromatic carbocycles. The van der Waals surface area contributed by atoms with Gasteiger partial charge in [-0.25, -0.2) is 4.79 Å². The van der Waals surface area contributed by atoms with E-state index in [9.17, 15) is 9.59 Å². The molecule has 2 aromatic rings. The number of carbonyl (C=O) groups excluding carboxylic acids is 2. The van der Waals surface area contributed by atoms with Gasteiger partial charge in [0.05, 0.1) is 6.04 Å². The Kier molecular flexibility index (Phi) is 4.09.